The summed E-state index contributed by atoms with van der Waals surface area (Å²) >= 11 is 0. The van der Waals surface area contributed by atoms with Gasteiger partial charge >= 0.3 is 6.61 Å². The lowest BCUT2D eigenvalue weighted by Gasteiger charge is -2.28. The number of amides is 1. The van der Waals surface area contributed by atoms with Gasteiger partial charge in [-0.15, -0.1) is 0 Å². The summed E-state index contributed by atoms with van der Waals surface area (Å²) in [6.45, 7) is 2.74. The second-order valence-corrected chi connectivity index (χ2v) is 7.23. The Morgan fingerprint density at radius 2 is 1.90 bits per heavy atom. The van der Waals surface area contributed by atoms with Crippen LogP contribution in [0.5, 0.6) is 5.75 Å². The van der Waals surface area contributed by atoms with E-state index >= 15 is 0 Å². The van der Waals surface area contributed by atoms with E-state index in [1.165, 1.54) is 16.8 Å². The standard InChI is InChI=1S/C21H20F2N6O2/c1-11-4-9-16(12(2)10-11)25-19(30)17-13(3)24-21-26-27-28-29(21)18(17)14-5-7-15(8-6-14)31-20(22)23/h4-10,18,20H,1-3H3,(H,25,30)(H,24,26,28)/t18-/m1/s1. The molecule has 2 heterocycles. The van der Waals surface area contributed by atoms with Gasteiger partial charge in [-0.1, -0.05) is 34.9 Å². The van der Waals surface area contributed by atoms with Gasteiger partial charge in [0.1, 0.15) is 11.8 Å². The van der Waals surface area contributed by atoms with Crippen LogP contribution in [-0.2, 0) is 4.79 Å². The molecule has 31 heavy (non-hydrogen) atoms. The summed E-state index contributed by atoms with van der Waals surface area (Å²) in [5.74, 6) is 0.0705. The lowest BCUT2D eigenvalue weighted by Crippen LogP contribution is -2.31. The van der Waals surface area contributed by atoms with E-state index < -0.39 is 12.7 Å². The van der Waals surface area contributed by atoms with Crippen molar-refractivity contribution in [3.63, 3.8) is 0 Å². The Labute approximate surface area is 176 Å². The predicted octanol–water partition coefficient (Wildman–Crippen LogP) is 3.82. The average Bonchev–Trinajstić information content (AvgIpc) is 3.17. The SMILES string of the molecule is CC1=C(C(=O)Nc2ccc(C)cc2C)[C@@H](c2ccc(OC(F)F)cc2)n2nnnc2N1. The molecular formula is C21H20F2N6O2. The number of aryl methyl sites for hydroxylation is 2. The summed E-state index contributed by atoms with van der Waals surface area (Å²) in [5, 5.41) is 17.6. The second-order valence-electron chi connectivity index (χ2n) is 7.23. The number of hydrogen-bond acceptors (Lipinski definition) is 6. The molecule has 1 aromatic heterocycles. The first-order valence-electron chi connectivity index (χ1n) is 9.52. The number of tetrazole rings is 1. The zero-order chi connectivity index (χ0) is 22.1. The Kier molecular flexibility index (Phi) is 5.37. The van der Waals surface area contributed by atoms with Gasteiger partial charge in [-0.25, -0.2) is 0 Å². The first-order valence-corrected chi connectivity index (χ1v) is 9.52. The number of carbonyl (C=O) groups excluding carboxylic acids is 1. The van der Waals surface area contributed by atoms with Gasteiger partial charge in [0, 0.05) is 11.4 Å². The number of aromatic nitrogens is 4. The molecule has 10 heteroatoms. The van der Waals surface area contributed by atoms with Crippen molar-refractivity contribution in [2.24, 2.45) is 0 Å². The van der Waals surface area contributed by atoms with E-state index in [9.17, 15) is 13.6 Å². The highest BCUT2D eigenvalue weighted by molar-refractivity contribution is 6.06. The summed E-state index contributed by atoms with van der Waals surface area (Å²) in [7, 11) is 0. The minimum atomic E-state index is -2.92. The topological polar surface area (TPSA) is 94.0 Å². The molecule has 4 rings (SSSR count). The molecule has 0 saturated carbocycles. The lowest BCUT2D eigenvalue weighted by atomic mass is 9.94. The molecule has 1 atom stereocenters. The van der Waals surface area contributed by atoms with Crippen LogP contribution in [-0.4, -0.2) is 32.7 Å². The summed E-state index contributed by atoms with van der Waals surface area (Å²) in [4.78, 5) is 13.3. The number of allylic oxidation sites excluding steroid dienone is 1. The Bertz CT molecular complexity index is 1160. The first-order chi connectivity index (χ1) is 14.8. The van der Waals surface area contributed by atoms with E-state index in [0.29, 0.717) is 28.5 Å². The number of alkyl halides is 2. The van der Waals surface area contributed by atoms with Crippen molar-refractivity contribution in [2.45, 2.75) is 33.4 Å². The number of halogens is 2. The molecule has 1 aliphatic heterocycles. The Morgan fingerprint density at radius 1 is 1.16 bits per heavy atom. The molecule has 3 aromatic rings. The summed E-state index contributed by atoms with van der Waals surface area (Å²) in [5.41, 5.74) is 4.35. The Hall–Kier alpha value is -3.82. The van der Waals surface area contributed by atoms with Gasteiger partial charge in [-0.2, -0.15) is 13.5 Å². The van der Waals surface area contributed by atoms with Crippen LogP contribution in [0.4, 0.5) is 20.4 Å². The zero-order valence-corrected chi connectivity index (χ0v) is 17.1. The number of rotatable bonds is 5. The summed E-state index contributed by atoms with van der Waals surface area (Å²) in [6, 6.07) is 11.1. The van der Waals surface area contributed by atoms with Crippen molar-refractivity contribution in [1.29, 1.82) is 0 Å². The molecule has 0 radical (unpaired) electrons. The molecule has 2 N–H and O–H groups in total. The molecule has 0 unspecified atom stereocenters. The predicted molar refractivity (Wildman–Crippen MR) is 110 cm³/mol. The van der Waals surface area contributed by atoms with Crippen LogP contribution >= 0.6 is 0 Å². The number of nitrogens with zero attached hydrogens (tertiary/aromatic N) is 4. The number of hydrogen-bond donors (Lipinski definition) is 2. The third kappa shape index (κ3) is 4.09. The van der Waals surface area contributed by atoms with Gasteiger partial charge in [0.25, 0.3) is 5.91 Å². The van der Waals surface area contributed by atoms with Crippen molar-refractivity contribution < 1.29 is 18.3 Å². The second kappa shape index (κ2) is 8.13. The third-order valence-corrected chi connectivity index (χ3v) is 5.01. The fourth-order valence-corrected chi connectivity index (χ4v) is 3.59. The average molecular weight is 426 g/mol. The molecule has 0 bridgehead atoms. The van der Waals surface area contributed by atoms with Gasteiger partial charge < -0.3 is 15.4 Å². The fourth-order valence-electron chi connectivity index (χ4n) is 3.59. The lowest BCUT2D eigenvalue weighted by molar-refractivity contribution is -0.113. The van der Waals surface area contributed by atoms with E-state index in [-0.39, 0.29) is 11.7 Å². The molecule has 0 spiro atoms. The highest BCUT2D eigenvalue weighted by atomic mass is 19.3. The van der Waals surface area contributed by atoms with Crippen LogP contribution in [0.1, 0.15) is 29.7 Å². The maximum atomic E-state index is 13.3. The summed E-state index contributed by atoms with van der Waals surface area (Å²) in [6.07, 6.45) is 0. The number of anilines is 2. The highest BCUT2D eigenvalue weighted by Gasteiger charge is 2.34. The van der Waals surface area contributed by atoms with E-state index in [1.54, 1.807) is 19.1 Å². The number of nitrogens with one attached hydrogen (secondary N) is 2. The monoisotopic (exact) mass is 426 g/mol. The first kappa shape index (κ1) is 20.5. The smallest absolute Gasteiger partial charge is 0.387 e. The van der Waals surface area contributed by atoms with Crippen LogP contribution in [0.3, 0.4) is 0 Å². The molecule has 8 nitrogen and oxygen atoms in total. The molecule has 1 amide bonds. The normalized spacial score (nSPS) is 15.5. The van der Waals surface area contributed by atoms with Crippen molar-refractivity contribution in [3.05, 3.63) is 70.4 Å². The van der Waals surface area contributed by atoms with Crippen molar-refractivity contribution >= 4 is 17.5 Å². The van der Waals surface area contributed by atoms with Crippen LogP contribution < -0.4 is 15.4 Å². The fraction of sp³-hybridized carbons (Fsp3) is 0.238. The van der Waals surface area contributed by atoms with Crippen LogP contribution in [0.2, 0.25) is 0 Å². The van der Waals surface area contributed by atoms with E-state index in [0.717, 1.165) is 11.1 Å². The van der Waals surface area contributed by atoms with E-state index in [1.807, 2.05) is 32.0 Å². The third-order valence-electron chi connectivity index (χ3n) is 5.01. The van der Waals surface area contributed by atoms with Gasteiger partial charge in [-0.05, 0) is 60.5 Å². The maximum absolute atomic E-state index is 13.3. The van der Waals surface area contributed by atoms with Gasteiger partial charge in [-0.3, -0.25) is 4.79 Å². The van der Waals surface area contributed by atoms with Crippen LogP contribution in [0.25, 0.3) is 0 Å². The van der Waals surface area contributed by atoms with Gasteiger partial charge in [0.15, 0.2) is 0 Å². The molecular weight excluding hydrogens is 406 g/mol. The Morgan fingerprint density at radius 3 is 2.58 bits per heavy atom. The minimum absolute atomic E-state index is 0.0200. The number of carbonyl (C=O) groups is 1. The molecule has 0 fully saturated rings. The van der Waals surface area contributed by atoms with Gasteiger partial charge in [0.05, 0.1) is 5.57 Å². The summed E-state index contributed by atoms with van der Waals surface area (Å²) < 4.78 is 30.9. The van der Waals surface area contributed by atoms with E-state index in [2.05, 4.69) is 30.9 Å². The quantitative estimate of drug-likeness (QED) is 0.644. The van der Waals surface area contributed by atoms with Crippen molar-refractivity contribution in [3.8, 4) is 5.75 Å². The maximum Gasteiger partial charge on any atom is 0.387 e. The molecule has 0 aliphatic carbocycles. The number of ether oxygens (including phenoxy) is 1. The Balaban J connectivity index is 1.71. The van der Waals surface area contributed by atoms with Crippen LogP contribution in [0, 0.1) is 13.8 Å². The highest BCUT2D eigenvalue weighted by Crippen LogP contribution is 2.35. The minimum Gasteiger partial charge on any atom is -0.435 e. The molecule has 1 aliphatic rings. The molecule has 2 aromatic carbocycles. The van der Waals surface area contributed by atoms with E-state index in [4.69, 9.17) is 0 Å². The van der Waals surface area contributed by atoms with Crippen molar-refractivity contribution in [2.75, 3.05) is 10.6 Å². The van der Waals surface area contributed by atoms with Crippen LogP contribution in [0.15, 0.2) is 53.7 Å². The van der Waals surface area contributed by atoms with Gasteiger partial charge in [0.2, 0.25) is 5.95 Å². The number of benzene rings is 2. The molecule has 160 valence electrons. The zero-order valence-electron chi connectivity index (χ0n) is 17.1. The number of fused-ring (bicyclic) bond motifs is 1. The van der Waals surface area contributed by atoms with Crippen molar-refractivity contribution in [1.82, 2.24) is 20.2 Å². The largest absolute Gasteiger partial charge is 0.435 e. The molecule has 0 saturated heterocycles.